The third kappa shape index (κ3) is 2.98. The standard InChI is InChI=1S/C19H21FN4O2/c1-12-16(18(25)26-13-7-3-2-4-8-13)17(14-9-5-6-10-15(14)20)24-19(23-12)21-11-22-24/h5-6,9-11,13,17H,2-4,7-8H2,1H3,(H,21,22,23). The van der Waals surface area contributed by atoms with Crippen LogP contribution >= 0.6 is 0 Å². The molecule has 26 heavy (non-hydrogen) atoms. The molecule has 2 heterocycles. The maximum absolute atomic E-state index is 14.5. The predicted octanol–water partition coefficient (Wildman–Crippen LogP) is 3.58. The second-order valence-electron chi connectivity index (χ2n) is 6.78. The van der Waals surface area contributed by atoms with Gasteiger partial charge in [-0.05, 0) is 38.7 Å². The van der Waals surface area contributed by atoms with Crippen LogP contribution in [0.4, 0.5) is 10.3 Å². The van der Waals surface area contributed by atoms with Crippen LogP contribution in [0.5, 0.6) is 0 Å². The summed E-state index contributed by atoms with van der Waals surface area (Å²) in [6.45, 7) is 1.78. The van der Waals surface area contributed by atoms with Crippen molar-refractivity contribution in [1.29, 1.82) is 0 Å². The molecule has 136 valence electrons. The number of nitrogens with one attached hydrogen (secondary N) is 1. The smallest absolute Gasteiger partial charge is 0.338 e. The number of esters is 1. The fourth-order valence-electron chi connectivity index (χ4n) is 3.74. The number of hydrogen-bond acceptors (Lipinski definition) is 5. The summed E-state index contributed by atoms with van der Waals surface area (Å²) in [5.41, 5.74) is 1.36. The van der Waals surface area contributed by atoms with Gasteiger partial charge in [-0.2, -0.15) is 10.1 Å². The Morgan fingerprint density at radius 3 is 2.81 bits per heavy atom. The lowest BCUT2D eigenvalue weighted by Crippen LogP contribution is -2.32. The largest absolute Gasteiger partial charge is 0.459 e. The van der Waals surface area contributed by atoms with Gasteiger partial charge in [-0.1, -0.05) is 24.6 Å². The van der Waals surface area contributed by atoms with Gasteiger partial charge < -0.3 is 10.1 Å². The van der Waals surface area contributed by atoms with E-state index in [1.54, 1.807) is 25.1 Å². The van der Waals surface area contributed by atoms with Crippen LogP contribution in [0.1, 0.15) is 50.6 Å². The average molecular weight is 356 g/mol. The molecular formula is C19H21FN4O2. The Kier molecular flexibility index (Phi) is 4.44. The number of fused-ring (bicyclic) bond motifs is 1. The van der Waals surface area contributed by atoms with Gasteiger partial charge in [0.25, 0.3) is 0 Å². The molecule has 1 aromatic carbocycles. The van der Waals surface area contributed by atoms with Crippen LogP contribution in [-0.2, 0) is 9.53 Å². The molecule has 2 aromatic rings. The van der Waals surface area contributed by atoms with Gasteiger partial charge in [0, 0.05) is 11.3 Å². The number of rotatable bonds is 3. The number of hydrogen-bond donors (Lipinski definition) is 1. The molecule has 6 nitrogen and oxygen atoms in total. The minimum atomic E-state index is -0.703. The summed E-state index contributed by atoms with van der Waals surface area (Å²) in [4.78, 5) is 17.2. The zero-order valence-electron chi connectivity index (χ0n) is 14.6. The van der Waals surface area contributed by atoms with E-state index in [9.17, 15) is 9.18 Å². The van der Waals surface area contributed by atoms with Crippen molar-refractivity contribution in [2.24, 2.45) is 0 Å². The first-order valence-electron chi connectivity index (χ1n) is 8.98. The normalized spacial score (nSPS) is 20.5. The molecule has 0 bridgehead atoms. The number of allylic oxidation sites excluding steroid dienone is 1. The second kappa shape index (κ2) is 6.90. The molecule has 2 aliphatic rings. The summed E-state index contributed by atoms with van der Waals surface area (Å²) in [6.07, 6.45) is 6.39. The lowest BCUT2D eigenvalue weighted by atomic mass is 9.94. The molecule has 1 atom stereocenters. The first-order valence-corrected chi connectivity index (χ1v) is 8.98. The zero-order chi connectivity index (χ0) is 18.1. The number of carbonyl (C=O) groups excluding carboxylic acids is 1. The highest BCUT2D eigenvalue weighted by Crippen LogP contribution is 2.36. The van der Waals surface area contributed by atoms with E-state index in [2.05, 4.69) is 15.4 Å². The van der Waals surface area contributed by atoms with Crippen LogP contribution in [0.15, 0.2) is 41.9 Å². The number of ether oxygens (including phenoxy) is 1. The maximum Gasteiger partial charge on any atom is 0.338 e. The number of nitrogens with zero attached hydrogens (tertiary/aromatic N) is 3. The molecule has 7 heteroatoms. The highest BCUT2D eigenvalue weighted by molar-refractivity contribution is 5.92. The summed E-state index contributed by atoms with van der Waals surface area (Å²) in [5, 5.41) is 7.28. The Bertz CT molecular complexity index is 855. The van der Waals surface area contributed by atoms with Gasteiger partial charge in [-0.3, -0.25) is 0 Å². The van der Waals surface area contributed by atoms with Gasteiger partial charge in [0.15, 0.2) is 0 Å². The van der Waals surface area contributed by atoms with Gasteiger partial charge in [0.2, 0.25) is 5.95 Å². The van der Waals surface area contributed by atoms with E-state index in [-0.39, 0.29) is 6.10 Å². The van der Waals surface area contributed by atoms with E-state index in [1.807, 2.05) is 0 Å². The minimum Gasteiger partial charge on any atom is -0.459 e. The minimum absolute atomic E-state index is 0.0741. The molecule has 4 rings (SSSR count). The summed E-state index contributed by atoms with van der Waals surface area (Å²) in [7, 11) is 0. The molecule has 0 saturated heterocycles. The fourth-order valence-corrected chi connectivity index (χ4v) is 3.74. The van der Waals surface area contributed by atoms with Gasteiger partial charge in [-0.15, -0.1) is 0 Å². The van der Waals surface area contributed by atoms with Gasteiger partial charge in [0.05, 0.1) is 5.57 Å². The Hall–Kier alpha value is -2.70. The summed E-state index contributed by atoms with van der Waals surface area (Å²) in [6, 6.07) is 5.71. The number of benzene rings is 1. The third-order valence-corrected chi connectivity index (χ3v) is 5.04. The van der Waals surface area contributed by atoms with E-state index in [1.165, 1.54) is 23.5 Å². The van der Waals surface area contributed by atoms with E-state index in [0.29, 0.717) is 22.8 Å². The molecule has 1 aliphatic carbocycles. The van der Waals surface area contributed by atoms with E-state index in [0.717, 1.165) is 25.7 Å². The Morgan fingerprint density at radius 2 is 2.04 bits per heavy atom. The topological polar surface area (TPSA) is 69.0 Å². The summed E-state index contributed by atoms with van der Waals surface area (Å²) >= 11 is 0. The lowest BCUT2D eigenvalue weighted by molar-refractivity contribution is -0.146. The molecule has 1 aliphatic heterocycles. The molecule has 0 spiro atoms. The van der Waals surface area contributed by atoms with E-state index < -0.39 is 17.8 Å². The van der Waals surface area contributed by atoms with Gasteiger partial charge >= 0.3 is 5.97 Å². The van der Waals surface area contributed by atoms with Gasteiger partial charge in [0.1, 0.15) is 24.3 Å². The molecule has 1 unspecified atom stereocenters. The zero-order valence-corrected chi connectivity index (χ0v) is 14.6. The summed E-state index contributed by atoms with van der Waals surface area (Å²) in [5.74, 6) is -0.335. The number of halogens is 1. The lowest BCUT2D eigenvalue weighted by Gasteiger charge is -2.30. The van der Waals surface area contributed by atoms with Crippen LogP contribution in [0.3, 0.4) is 0 Å². The van der Waals surface area contributed by atoms with Crippen molar-refractivity contribution in [2.75, 3.05) is 5.32 Å². The molecule has 1 aromatic heterocycles. The number of carbonyl (C=O) groups is 1. The molecular weight excluding hydrogens is 335 g/mol. The maximum atomic E-state index is 14.5. The first-order chi connectivity index (χ1) is 12.6. The van der Waals surface area contributed by atoms with Crippen LogP contribution in [0.25, 0.3) is 0 Å². The van der Waals surface area contributed by atoms with Gasteiger partial charge in [-0.25, -0.2) is 13.9 Å². The van der Waals surface area contributed by atoms with Crippen molar-refractivity contribution in [3.63, 3.8) is 0 Å². The van der Waals surface area contributed by atoms with Crippen molar-refractivity contribution < 1.29 is 13.9 Å². The number of aromatic nitrogens is 3. The predicted molar refractivity (Wildman–Crippen MR) is 93.8 cm³/mol. The van der Waals surface area contributed by atoms with E-state index in [4.69, 9.17) is 4.74 Å². The third-order valence-electron chi connectivity index (χ3n) is 5.04. The van der Waals surface area contributed by atoms with Crippen LogP contribution < -0.4 is 5.32 Å². The highest BCUT2D eigenvalue weighted by Gasteiger charge is 2.36. The quantitative estimate of drug-likeness (QED) is 0.852. The van der Waals surface area contributed by atoms with Crippen molar-refractivity contribution in [2.45, 2.75) is 51.2 Å². The Labute approximate surface area is 151 Å². The molecule has 0 amide bonds. The Morgan fingerprint density at radius 1 is 1.27 bits per heavy atom. The SMILES string of the molecule is CC1=C(C(=O)OC2CCCCC2)C(c2ccccc2F)n2ncnc2N1. The second-order valence-corrected chi connectivity index (χ2v) is 6.78. The molecule has 1 fully saturated rings. The first kappa shape index (κ1) is 16.8. The summed E-state index contributed by atoms with van der Waals surface area (Å²) < 4.78 is 21.8. The molecule has 1 N–H and O–H groups in total. The van der Waals surface area contributed by atoms with Crippen LogP contribution in [0, 0.1) is 5.82 Å². The van der Waals surface area contributed by atoms with E-state index >= 15 is 0 Å². The Balaban J connectivity index is 1.72. The van der Waals surface area contributed by atoms with Crippen LogP contribution in [0.2, 0.25) is 0 Å². The molecule has 1 saturated carbocycles. The highest BCUT2D eigenvalue weighted by atomic mass is 19.1. The monoisotopic (exact) mass is 356 g/mol. The van der Waals surface area contributed by atoms with Crippen molar-refractivity contribution >= 4 is 11.9 Å². The fraction of sp³-hybridized carbons (Fsp3) is 0.421. The van der Waals surface area contributed by atoms with Crippen LogP contribution in [-0.4, -0.2) is 26.8 Å². The van der Waals surface area contributed by atoms with Crippen molar-refractivity contribution in [3.05, 3.63) is 53.2 Å². The average Bonchev–Trinajstić information content (AvgIpc) is 3.10. The van der Waals surface area contributed by atoms with Crippen molar-refractivity contribution in [3.8, 4) is 0 Å². The number of anilines is 1. The molecule has 0 radical (unpaired) electrons. The van der Waals surface area contributed by atoms with Crippen molar-refractivity contribution in [1.82, 2.24) is 14.8 Å².